The van der Waals surface area contributed by atoms with E-state index >= 15 is 0 Å². The van der Waals surface area contributed by atoms with Crippen LogP contribution in [-0.4, -0.2) is 53.6 Å². The lowest BCUT2D eigenvalue weighted by atomic mass is 9.90. The summed E-state index contributed by atoms with van der Waals surface area (Å²) in [6.07, 6.45) is 9.73. The Labute approximate surface area is 112 Å². The molecule has 3 heterocycles. The summed E-state index contributed by atoms with van der Waals surface area (Å²) in [7, 11) is 0. The second-order valence-electron chi connectivity index (χ2n) is 6.57. The van der Waals surface area contributed by atoms with Gasteiger partial charge in [-0.2, -0.15) is 0 Å². The lowest BCUT2D eigenvalue weighted by Gasteiger charge is -2.47. The fraction of sp³-hybridized carbons (Fsp3) is 1.00. The molecule has 0 radical (unpaired) electrons. The largest absolute Gasteiger partial charge is 0.329 e. The Balaban J connectivity index is 1.75. The number of nitrogens with zero attached hydrogens (tertiary/aromatic N) is 2. The van der Waals surface area contributed by atoms with E-state index in [1.165, 1.54) is 58.0 Å². The summed E-state index contributed by atoms with van der Waals surface area (Å²) in [6.45, 7) is 5.95. The summed E-state index contributed by atoms with van der Waals surface area (Å²) < 4.78 is 0. The molecule has 18 heavy (non-hydrogen) atoms. The Kier molecular flexibility index (Phi) is 3.92. The minimum atomic E-state index is 0.653. The van der Waals surface area contributed by atoms with Crippen LogP contribution >= 0.6 is 0 Å². The Hall–Kier alpha value is -0.120. The van der Waals surface area contributed by atoms with Crippen molar-refractivity contribution in [1.29, 1.82) is 0 Å². The van der Waals surface area contributed by atoms with E-state index in [2.05, 4.69) is 16.7 Å². The Bertz CT molecular complexity index is 281. The van der Waals surface area contributed by atoms with Crippen LogP contribution < -0.4 is 5.73 Å². The molecule has 0 saturated carbocycles. The van der Waals surface area contributed by atoms with E-state index in [1.54, 1.807) is 0 Å². The molecule has 3 saturated heterocycles. The highest BCUT2D eigenvalue weighted by Gasteiger charge is 2.43. The van der Waals surface area contributed by atoms with Crippen molar-refractivity contribution < 1.29 is 0 Å². The molecule has 4 atom stereocenters. The van der Waals surface area contributed by atoms with Gasteiger partial charge in [-0.25, -0.2) is 0 Å². The van der Waals surface area contributed by atoms with Crippen LogP contribution in [0.2, 0.25) is 0 Å². The third kappa shape index (κ3) is 2.21. The number of piperidine rings is 2. The third-order valence-corrected chi connectivity index (χ3v) is 5.57. The maximum Gasteiger partial charge on any atom is 0.0270 e. The Morgan fingerprint density at radius 2 is 1.83 bits per heavy atom. The molecule has 3 fully saturated rings. The maximum atomic E-state index is 6.04. The number of rotatable bonds is 2. The van der Waals surface area contributed by atoms with Gasteiger partial charge in [-0.15, -0.1) is 0 Å². The molecule has 0 amide bonds. The smallest absolute Gasteiger partial charge is 0.0270 e. The second kappa shape index (κ2) is 5.48. The van der Waals surface area contributed by atoms with E-state index in [0.29, 0.717) is 6.04 Å². The van der Waals surface area contributed by atoms with Gasteiger partial charge >= 0.3 is 0 Å². The van der Waals surface area contributed by atoms with Crippen LogP contribution in [0.5, 0.6) is 0 Å². The standard InChI is InChI=1S/C15H29N3/c1-12-5-4-6-13(11-16)18(12)15-8-10-17-9-3-2-7-14(15)17/h12-15H,2-11,16H2,1H3. The molecule has 3 heteroatoms. The van der Waals surface area contributed by atoms with Gasteiger partial charge in [0.05, 0.1) is 0 Å². The SMILES string of the molecule is CC1CCCC(CN)N1C1CCN2CCCCC12. The van der Waals surface area contributed by atoms with Crippen molar-refractivity contribution in [2.45, 2.75) is 76.0 Å². The topological polar surface area (TPSA) is 32.5 Å². The van der Waals surface area contributed by atoms with Gasteiger partial charge in [-0.1, -0.05) is 12.8 Å². The second-order valence-corrected chi connectivity index (χ2v) is 6.57. The molecule has 4 unspecified atom stereocenters. The number of hydrogen-bond donors (Lipinski definition) is 1. The predicted octanol–water partition coefficient (Wildman–Crippen LogP) is 1.81. The van der Waals surface area contributed by atoms with E-state index in [9.17, 15) is 0 Å². The van der Waals surface area contributed by atoms with Crippen LogP contribution in [0.4, 0.5) is 0 Å². The average molecular weight is 251 g/mol. The van der Waals surface area contributed by atoms with E-state index in [1.807, 2.05) is 0 Å². The minimum absolute atomic E-state index is 0.653. The zero-order valence-electron chi connectivity index (χ0n) is 11.9. The molecule has 0 aliphatic carbocycles. The van der Waals surface area contributed by atoms with Gasteiger partial charge in [0.1, 0.15) is 0 Å². The fourth-order valence-electron chi connectivity index (χ4n) is 4.71. The van der Waals surface area contributed by atoms with Crippen molar-refractivity contribution in [2.75, 3.05) is 19.6 Å². The molecular formula is C15H29N3. The van der Waals surface area contributed by atoms with Crippen LogP contribution in [0, 0.1) is 0 Å². The normalized spacial score (nSPS) is 43.0. The average Bonchev–Trinajstić information content (AvgIpc) is 2.82. The number of likely N-dealkylation sites (tertiary alicyclic amines) is 1. The number of nitrogens with two attached hydrogens (primary N) is 1. The predicted molar refractivity (Wildman–Crippen MR) is 75.6 cm³/mol. The number of fused-ring (bicyclic) bond motifs is 1. The highest BCUT2D eigenvalue weighted by atomic mass is 15.3. The quantitative estimate of drug-likeness (QED) is 0.812. The first-order valence-electron chi connectivity index (χ1n) is 8.03. The van der Waals surface area contributed by atoms with Gasteiger partial charge in [0.2, 0.25) is 0 Å². The molecule has 104 valence electrons. The first kappa shape index (κ1) is 12.9. The molecule has 3 nitrogen and oxygen atoms in total. The summed E-state index contributed by atoms with van der Waals surface area (Å²) in [5, 5.41) is 0. The zero-order valence-corrected chi connectivity index (χ0v) is 11.9. The van der Waals surface area contributed by atoms with E-state index in [0.717, 1.165) is 24.7 Å². The highest BCUT2D eigenvalue weighted by molar-refractivity contribution is 4.99. The van der Waals surface area contributed by atoms with Crippen LogP contribution in [0.3, 0.4) is 0 Å². The van der Waals surface area contributed by atoms with Gasteiger partial charge in [0.25, 0.3) is 0 Å². The van der Waals surface area contributed by atoms with E-state index in [4.69, 9.17) is 5.73 Å². The summed E-state index contributed by atoms with van der Waals surface area (Å²) >= 11 is 0. The van der Waals surface area contributed by atoms with Gasteiger partial charge in [-0.05, 0) is 45.6 Å². The van der Waals surface area contributed by atoms with Crippen molar-refractivity contribution in [2.24, 2.45) is 5.73 Å². The molecule has 0 spiro atoms. The Morgan fingerprint density at radius 3 is 2.67 bits per heavy atom. The van der Waals surface area contributed by atoms with Crippen molar-refractivity contribution in [3.05, 3.63) is 0 Å². The van der Waals surface area contributed by atoms with Crippen molar-refractivity contribution in [1.82, 2.24) is 9.80 Å². The number of hydrogen-bond acceptors (Lipinski definition) is 3. The molecule has 0 bridgehead atoms. The molecular weight excluding hydrogens is 222 g/mol. The van der Waals surface area contributed by atoms with Crippen molar-refractivity contribution in [3.8, 4) is 0 Å². The molecule has 0 aromatic rings. The molecule has 0 aromatic carbocycles. The van der Waals surface area contributed by atoms with Crippen LogP contribution in [-0.2, 0) is 0 Å². The van der Waals surface area contributed by atoms with Gasteiger partial charge in [0.15, 0.2) is 0 Å². The molecule has 3 rings (SSSR count). The van der Waals surface area contributed by atoms with Gasteiger partial charge in [-0.3, -0.25) is 9.80 Å². The summed E-state index contributed by atoms with van der Waals surface area (Å²) in [5.74, 6) is 0. The van der Waals surface area contributed by atoms with Crippen LogP contribution in [0.15, 0.2) is 0 Å². The van der Waals surface area contributed by atoms with E-state index in [-0.39, 0.29) is 0 Å². The van der Waals surface area contributed by atoms with Crippen molar-refractivity contribution in [3.63, 3.8) is 0 Å². The Morgan fingerprint density at radius 1 is 0.944 bits per heavy atom. The first-order chi connectivity index (χ1) is 8.81. The van der Waals surface area contributed by atoms with Gasteiger partial charge in [0, 0.05) is 37.3 Å². The molecule has 0 aromatic heterocycles. The molecule has 2 N–H and O–H groups in total. The van der Waals surface area contributed by atoms with Crippen LogP contribution in [0.25, 0.3) is 0 Å². The lowest BCUT2D eigenvalue weighted by molar-refractivity contribution is 0.0239. The van der Waals surface area contributed by atoms with Gasteiger partial charge < -0.3 is 5.73 Å². The molecule has 3 aliphatic rings. The fourth-order valence-corrected chi connectivity index (χ4v) is 4.71. The zero-order chi connectivity index (χ0) is 12.5. The summed E-state index contributed by atoms with van der Waals surface area (Å²) in [6, 6.07) is 3.04. The monoisotopic (exact) mass is 251 g/mol. The summed E-state index contributed by atoms with van der Waals surface area (Å²) in [4.78, 5) is 5.57. The highest BCUT2D eigenvalue weighted by Crippen LogP contribution is 2.35. The third-order valence-electron chi connectivity index (χ3n) is 5.57. The lowest BCUT2D eigenvalue weighted by Crippen LogP contribution is -2.57. The minimum Gasteiger partial charge on any atom is -0.329 e. The molecule has 3 aliphatic heterocycles. The first-order valence-corrected chi connectivity index (χ1v) is 8.03. The van der Waals surface area contributed by atoms with Crippen molar-refractivity contribution >= 4 is 0 Å². The van der Waals surface area contributed by atoms with E-state index < -0.39 is 0 Å². The maximum absolute atomic E-state index is 6.04. The van der Waals surface area contributed by atoms with Crippen LogP contribution in [0.1, 0.15) is 51.9 Å². The summed E-state index contributed by atoms with van der Waals surface area (Å²) in [5.41, 5.74) is 6.04.